The van der Waals surface area contributed by atoms with Gasteiger partial charge >= 0.3 is 0 Å². The third-order valence-electron chi connectivity index (χ3n) is 1.88. The highest BCUT2D eigenvalue weighted by molar-refractivity contribution is 6.30. The molecule has 6 heteroatoms. The van der Waals surface area contributed by atoms with Gasteiger partial charge in [-0.05, 0) is 30.3 Å². The van der Waals surface area contributed by atoms with Gasteiger partial charge in [0.15, 0.2) is 5.82 Å². The van der Waals surface area contributed by atoms with Gasteiger partial charge in [0.2, 0.25) is 0 Å². The van der Waals surface area contributed by atoms with Crippen molar-refractivity contribution in [2.24, 2.45) is 5.73 Å². The summed E-state index contributed by atoms with van der Waals surface area (Å²) < 4.78 is 0. The molecule has 0 saturated heterocycles. The van der Waals surface area contributed by atoms with E-state index in [1.807, 2.05) is 12.1 Å². The van der Waals surface area contributed by atoms with E-state index in [1.54, 1.807) is 19.1 Å². The Balaban J connectivity index is 2.37. The van der Waals surface area contributed by atoms with E-state index in [4.69, 9.17) is 17.3 Å². The standard InChI is InChI=1S/C9H10ClN5/c1-6(11)9-12-14-15(13-9)8-4-2-3-7(10)5-8/h2-6H,11H2,1H3/t6-/m1/s1. The van der Waals surface area contributed by atoms with E-state index in [9.17, 15) is 0 Å². The quantitative estimate of drug-likeness (QED) is 0.834. The molecule has 2 aromatic rings. The topological polar surface area (TPSA) is 69.6 Å². The zero-order valence-electron chi connectivity index (χ0n) is 8.13. The van der Waals surface area contributed by atoms with Crippen LogP contribution in [0.25, 0.3) is 5.69 Å². The maximum absolute atomic E-state index is 5.85. The van der Waals surface area contributed by atoms with E-state index >= 15 is 0 Å². The first-order valence-electron chi connectivity index (χ1n) is 4.48. The largest absolute Gasteiger partial charge is 0.321 e. The molecule has 0 aliphatic heterocycles. The van der Waals surface area contributed by atoms with Crippen LogP contribution in [0, 0.1) is 0 Å². The lowest BCUT2D eigenvalue weighted by Gasteiger charge is -1.98. The monoisotopic (exact) mass is 223 g/mol. The Hall–Kier alpha value is -1.46. The van der Waals surface area contributed by atoms with Crippen molar-refractivity contribution in [1.29, 1.82) is 0 Å². The first-order chi connectivity index (χ1) is 7.16. The molecular formula is C9H10ClN5. The molecule has 0 spiro atoms. The molecule has 2 N–H and O–H groups in total. The third-order valence-corrected chi connectivity index (χ3v) is 2.11. The van der Waals surface area contributed by atoms with E-state index in [-0.39, 0.29) is 6.04 Å². The van der Waals surface area contributed by atoms with Crippen LogP contribution in [0.15, 0.2) is 24.3 Å². The van der Waals surface area contributed by atoms with E-state index in [0.717, 1.165) is 5.69 Å². The van der Waals surface area contributed by atoms with Crippen LogP contribution in [-0.2, 0) is 0 Å². The molecule has 1 heterocycles. The van der Waals surface area contributed by atoms with Gasteiger partial charge in [0.25, 0.3) is 0 Å². The first kappa shape index (κ1) is 10.1. The fourth-order valence-corrected chi connectivity index (χ4v) is 1.30. The number of halogens is 1. The first-order valence-corrected chi connectivity index (χ1v) is 4.86. The molecule has 1 atom stereocenters. The van der Waals surface area contributed by atoms with E-state index < -0.39 is 0 Å². The van der Waals surface area contributed by atoms with Crippen LogP contribution in [0.5, 0.6) is 0 Å². The molecule has 1 aromatic carbocycles. The Morgan fingerprint density at radius 1 is 1.47 bits per heavy atom. The van der Waals surface area contributed by atoms with E-state index in [1.165, 1.54) is 4.80 Å². The molecule has 0 amide bonds. The van der Waals surface area contributed by atoms with Crippen LogP contribution in [0.3, 0.4) is 0 Å². The summed E-state index contributed by atoms with van der Waals surface area (Å²) in [5, 5.41) is 12.5. The molecule has 0 fully saturated rings. The third kappa shape index (κ3) is 2.14. The number of nitrogens with two attached hydrogens (primary N) is 1. The van der Waals surface area contributed by atoms with Gasteiger partial charge in [0.05, 0.1) is 11.7 Å². The lowest BCUT2D eigenvalue weighted by molar-refractivity contribution is 0.705. The Morgan fingerprint density at radius 3 is 2.87 bits per heavy atom. The fourth-order valence-electron chi connectivity index (χ4n) is 1.12. The lowest BCUT2D eigenvalue weighted by atomic mass is 10.3. The van der Waals surface area contributed by atoms with Crippen LogP contribution in [-0.4, -0.2) is 20.2 Å². The summed E-state index contributed by atoms with van der Waals surface area (Å²) in [6.07, 6.45) is 0. The predicted octanol–water partition coefficient (Wildman–Crippen LogP) is 1.34. The Morgan fingerprint density at radius 2 is 2.27 bits per heavy atom. The lowest BCUT2D eigenvalue weighted by Crippen LogP contribution is -2.07. The van der Waals surface area contributed by atoms with E-state index in [0.29, 0.717) is 10.8 Å². The molecule has 2 rings (SSSR count). The maximum Gasteiger partial charge on any atom is 0.191 e. The van der Waals surface area contributed by atoms with Gasteiger partial charge < -0.3 is 5.73 Å². The highest BCUT2D eigenvalue weighted by atomic mass is 35.5. The Kier molecular flexibility index (Phi) is 2.66. The maximum atomic E-state index is 5.85. The van der Waals surface area contributed by atoms with Crippen molar-refractivity contribution in [3.05, 3.63) is 35.1 Å². The van der Waals surface area contributed by atoms with Crippen molar-refractivity contribution in [3.8, 4) is 5.69 Å². The van der Waals surface area contributed by atoms with Crippen molar-refractivity contribution >= 4 is 11.6 Å². The van der Waals surface area contributed by atoms with Gasteiger partial charge in [-0.3, -0.25) is 0 Å². The minimum atomic E-state index is -0.224. The minimum absolute atomic E-state index is 0.224. The summed E-state index contributed by atoms with van der Waals surface area (Å²) in [5.74, 6) is 0.509. The molecule has 0 saturated carbocycles. The summed E-state index contributed by atoms with van der Waals surface area (Å²) in [6, 6.07) is 6.99. The van der Waals surface area contributed by atoms with Gasteiger partial charge in [-0.15, -0.1) is 15.0 Å². The molecule has 0 bridgehead atoms. The number of benzene rings is 1. The highest BCUT2D eigenvalue weighted by Crippen LogP contribution is 2.13. The predicted molar refractivity (Wildman–Crippen MR) is 56.8 cm³/mol. The number of rotatable bonds is 2. The summed E-state index contributed by atoms with van der Waals surface area (Å²) in [6.45, 7) is 1.80. The van der Waals surface area contributed by atoms with Gasteiger partial charge in [-0.25, -0.2) is 0 Å². The van der Waals surface area contributed by atoms with Crippen LogP contribution in [0.4, 0.5) is 0 Å². The smallest absolute Gasteiger partial charge is 0.191 e. The minimum Gasteiger partial charge on any atom is -0.321 e. The molecule has 15 heavy (non-hydrogen) atoms. The van der Waals surface area contributed by atoms with Crippen molar-refractivity contribution in [2.45, 2.75) is 13.0 Å². The van der Waals surface area contributed by atoms with Crippen LogP contribution < -0.4 is 5.73 Å². The van der Waals surface area contributed by atoms with Crippen molar-refractivity contribution in [2.75, 3.05) is 0 Å². The summed E-state index contributed by atoms with van der Waals surface area (Å²) >= 11 is 5.85. The molecule has 0 aliphatic carbocycles. The molecule has 1 aromatic heterocycles. The zero-order chi connectivity index (χ0) is 10.8. The van der Waals surface area contributed by atoms with Crippen LogP contribution in [0.2, 0.25) is 5.02 Å². The molecular weight excluding hydrogens is 214 g/mol. The average Bonchev–Trinajstić information content (AvgIpc) is 2.66. The normalized spacial score (nSPS) is 12.7. The number of tetrazole rings is 1. The summed E-state index contributed by atoms with van der Waals surface area (Å²) in [4.78, 5) is 1.41. The number of hydrogen-bond donors (Lipinski definition) is 1. The number of nitrogens with zero attached hydrogens (tertiary/aromatic N) is 4. The van der Waals surface area contributed by atoms with Crippen molar-refractivity contribution < 1.29 is 0 Å². The van der Waals surface area contributed by atoms with Gasteiger partial charge in [-0.1, -0.05) is 17.7 Å². The Bertz CT molecular complexity index is 465. The molecule has 5 nitrogen and oxygen atoms in total. The second kappa shape index (κ2) is 3.96. The summed E-state index contributed by atoms with van der Waals surface area (Å²) in [5.41, 5.74) is 6.40. The molecule has 0 unspecified atom stereocenters. The molecule has 0 aliphatic rings. The molecule has 0 radical (unpaired) electrons. The number of aromatic nitrogens is 4. The van der Waals surface area contributed by atoms with Crippen LogP contribution >= 0.6 is 11.6 Å². The second-order valence-electron chi connectivity index (χ2n) is 3.21. The van der Waals surface area contributed by atoms with Gasteiger partial charge in [0.1, 0.15) is 0 Å². The second-order valence-corrected chi connectivity index (χ2v) is 3.64. The Labute approximate surface area is 91.8 Å². The van der Waals surface area contributed by atoms with Gasteiger partial charge in [0, 0.05) is 5.02 Å². The van der Waals surface area contributed by atoms with E-state index in [2.05, 4.69) is 15.4 Å². The molecule has 78 valence electrons. The SMILES string of the molecule is C[C@@H](N)c1nnn(-c2cccc(Cl)c2)n1. The van der Waals surface area contributed by atoms with Crippen molar-refractivity contribution in [1.82, 2.24) is 20.2 Å². The highest BCUT2D eigenvalue weighted by Gasteiger charge is 2.08. The summed E-state index contributed by atoms with van der Waals surface area (Å²) in [7, 11) is 0. The zero-order valence-corrected chi connectivity index (χ0v) is 8.89. The van der Waals surface area contributed by atoms with Gasteiger partial charge in [-0.2, -0.15) is 0 Å². The average molecular weight is 224 g/mol. The fraction of sp³-hybridized carbons (Fsp3) is 0.222. The van der Waals surface area contributed by atoms with Crippen molar-refractivity contribution in [3.63, 3.8) is 0 Å². The van der Waals surface area contributed by atoms with Crippen LogP contribution in [0.1, 0.15) is 18.8 Å². The number of hydrogen-bond acceptors (Lipinski definition) is 4.